The molecule has 32 nitrogen and oxygen atoms in total. The molecule has 0 spiro atoms. The molecule has 0 aromatic carbocycles. The van der Waals surface area contributed by atoms with E-state index in [-0.39, 0.29) is 73.0 Å². The molecule has 32 heteroatoms. The molecule has 1 fully saturated rings. The summed E-state index contributed by atoms with van der Waals surface area (Å²) < 4.78 is 1.50. The number of fused-ring (bicyclic) bond motifs is 3. The monoisotopic (exact) mass is 1080 g/mol. The SMILES string of the molecule is CC(=O)N(O)CCCC(NC(=O)C(CC(=O)O)NC(=O)C(C)NC(=O)C(CC(=O)O)NC(=O)C1CCn2c3cc(=O)c(O)cc-3cc(NC(=O)CCC(N)C(=O)O)c2N1)C(=O)NC(CO)C(=O)NC1CCCN(O)C1=O. The molecule has 0 aromatic rings. The van der Waals surface area contributed by atoms with Crippen molar-refractivity contribution in [3.05, 3.63) is 28.4 Å². The second-order valence-corrected chi connectivity index (χ2v) is 17.8. The Bertz CT molecular complexity index is 2610. The number of aromatic nitrogens is 1. The molecule has 416 valence electrons. The highest BCUT2D eigenvalue weighted by atomic mass is 16.5. The number of hydrogen-bond acceptors (Lipinski definition) is 19. The number of phenols is 1. The fraction of sp³-hybridized carbons (Fsp3) is 0.523. The molecule has 0 saturated carbocycles. The Hall–Kier alpha value is -8.49. The molecule has 0 aromatic heterocycles. The van der Waals surface area contributed by atoms with Gasteiger partial charge in [-0.05, 0) is 57.6 Å². The number of nitrogens with one attached hydrogen (secondary N) is 8. The minimum atomic E-state index is -2.02. The van der Waals surface area contributed by atoms with Crippen LogP contribution in [0.4, 0.5) is 11.5 Å². The number of benzene rings is 1. The zero-order chi connectivity index (χ0) is 56.7. The number of piperidine rings is 1. The number of carboxylic acids is 3. The van der Waals surface area contributed by atoms with Gasteiger partial charge in [-0.1, -0.05) is 0 Å². The average molecular weight is 1080 g/mol. The van der Waals surface area contributed by atoms with E-state index >= 15 is 0 Å². The Labute approximate surface area is 429 Å². The summed E-state index contributed by atoms with van der Waals surface area (Å²) >= 11 is 0. The van der Waals surface area contributed by atoms with Crippen LogP contribution in [-0.4, -0.2) is 190 Å². The van der Waals surface area contributed by atoms with Gasteiger partial charge in [-0.3, -0.25) is 72.7 Å². The Morgan fingerprint density at radius 2 is 1.39 bits per heavy atom. The number of nitrogens with two attached hydrogens (primary N) is 1. The number of hydroxylamine groups is 4. The van der Waals surface area contributed by atoms with E-state index < -0.39 is 163 Å². The average Bonchev–Trinajstić information content (AvgIpc) is 3.35. The lowest BCUT2D eigenvalue weighted by Crippen LogP contribution is -2.60. The van der Waals surface area contributed by atoms with Crippen molar-refractivity contribution in [2.45, 2.75) is 127 Å². The lowest BCUT2D eigenvalue weighted by atomic mass is 10.0. The minimum absolute atomic E-state index is 0.00125. The maximum atomic E-state index is 13.8. The summed E-state index contributed by atoms with van der Waals surface area (Å²) in [6.07, 6.45) is -3.15. The Morgan fingerprint density at radius 1 is 0.789 bits per heavy atom. The third-order valence-electron chi connectivity index (χ3n) is 11.9. The maximum absolute atomic E-state index is 13.8. The van der Waals surface area contributed by atoms with Gasteiger partial charge in [0.2, 0.25) is 52.7 Å². The molecule has 0 radical (unpaired) electrons. The first kappa shape index (κ1) is 60.1. The van der Waals surface area contributed by atoms with Gasteiger partial charge in [-0.25, -0.2) is 10.1 Å². The van der Waals surface area contributed by atoms with Gasteiger partial charge in [0, 0.05) is 44.6 Å². The van der Waals surface area contributed by atoms with Gasteiger partial charge in [-0.15, -0.1) is 0 Å². The largest absolute Gasteiger partial charge is 0.504 e. The molecule has 3 heterocycles. The van der Waals surface area contributed by atoms with Crippen molar-refractivity contribution >= 4 is 82.6 Å². The van der Waals surface area contributed by atoms with Crippen LogP contribution < -0.4 is 53.7 Å². The number of anilines is 2. The van der Waals surface area contributed by atoms with Gasteiger partial charge < -0.3 is 78.4 Å². The summed E-state index contributed by atoms with van der Waals surface area (Å²) in [5.41, 5.74) is 5.29. The quantitative estimate of drug-likeness (QED) is 0.0309. The van der Waals surface area contributed by atoms with Gasteiger partial charge in [-0.2, -0.15) is 0 Å². The van der Waals surface area contributed by atoms with Gasteiger partial charge >= 0.3 is 17.9 Å². The van der Waals surface area contributed by atoms with Crippen LogP contribution in [-0.2, 0) is 64.1 Å². The summed E-state index contributed by atoms with van der Waals surface area (Å²) in [7, 11) is 0. The van der Waals surface area contributed by atoms with Crippen LogP contribution in [0.1, 0.15) is 71.6 Å². The molecule has 0 bridgehead atoms. The number of pyridine rings is 1. The van der Waals surface area contributed by atoms with E-state index in [4.69, 9.17) is 10.8 Å². The van der Waals surface area contributed by atoms with Crippen LogP contribution in [0.5, 0.6) is 5.75 Å². The van der Waals surface area contributed by atoms with E-state index in [1.54, 1.807) is 0 Å². The second kappa shape index (κ2) is 27.2. The van der Waals surface area contributed by atoms with E-state index in [1.165, 1.54) is 10.6 Å². The molecule has 17 N–H and O–H groups in total. The zero-order valence-electron chi connectivity index (χ0n) is 40.9. The highest BCUT2D eigenvalue weighted by molar-refractivity contribution is 6.00. The number of aliphatic hydroxyl groups excluding tert-OH is 1. The first-order valence-electron chi connectivity index (χ1n) is 23.5. The van der Waals surface area contributed by atoms with Gasteiger partial charge in [0.1, 0.15) is 54.2 Å². The van der Waals surface area contributed by atoms with Crippen LogP contribution in [0, 0.1) is 0 Å². The molecule has 8 atom stereocenters. The van der Waals surface area contributed by atoms with Crippen molar-refractivity contribution in [2.24, 2.45) is 5.73 Å². The van der Waals surface area contributed by atoms with E-state index in [2.05, 4.69) is 42.5 Å². The highest BCUT2D eigenvalue weighted by Crippen LogP contribution is 2.37. The lowest BCUT2D eigenvalue weighted by molar-refractivity contribution is -0.173. The molecular weight excluding hydrogens is 1020 g/mol. The third kappa shape index (κ3) is 16.8. The standard InChI is InChI=1S/C44H60N12O20/c1-19(37(66)51-28(16-35(64)65)41(70)49-23(5-3-10-55(75)20(2)58)38(67)53-29(18-57)42(71)50-25-6-4-11-56(76)43(25)72)46-40(69)27(15-34(62)63)52-39(68)24-9-12-54-30-17-32(60)31(59)14-21(30)13-26(36(54)48-24)47-33(61)8-7-22(45)44(73)74/h13-14,17,19,22-25,27-29,48,57,59,75-76H,3-12,15-16,18,45H2,1-2H3,(H,46,69)(H,47,61)(H,49,70)(H,50,71)(H,51,66)(H,52,68)(H,53,67)(H,62,63)(H,64,65)(H,73,74). The second-order valence-electron chi connectivity index (χ2n) is 17.8. The maximum Gasteiger partial charge on any atom is 0.320 e. The van der Waals surface area contributed by atoms with Crippen LogP contribution in [0.3, 0.4) is 0 Å². The molecule has 4 rings (SSSR count). The molecule has 3 aliphatic heterocycles. The molecule has 8 unspecified atom stereocenters. The van der Waals surface area contributed by atoms with Crippen molar-refractivity contribution in [3.63, 3.8) is 0 Å². The number of rotatable bonds is 26. The lowest BCUT2D eigenvalue weighted by Gasteiger charge is -2.33. The van der Waals surface area contributed by atoms with Gasteiger partial charge in [0.05, 0.1) is 30.8 Å². The van der Waals surface area contributed by atoms with Crippen molar-refractivity contribution in [1.29, 1.82) is 0 Å². The highest BCUT2D eigenvalue weighted by Gasteiger charge is 2.37. The number of carbonyl (C=O) groups excluding carboxylic acids is 9. The molecule has 1 aliphatic carbocycles. The number of phenolic OH excluding ortho intramolecular Hbond substituents is 1. The number of aliphatic hydroxyl groups is 1. The molecular formula is C44H60N12O20. The summed E-state index contributed by atoms with van der Waals surface area (Å²) in [5.74, 6) is -14.6. The minimum Gasteiger partial charge on any atom is -0.504 e. The fourth-order valence-electron chi connectivity index (χ4n) is 7.80. The fourth-order valence-corrected chi connectivity index (χ4v) is 7.80. The molecule has 76 heavy (non-hydrogen) atoms. The number of carbonyl (C=O) groups is 12. The van der Waals surface area contributed by atoms with Crippen LogP contribution in [0.2, 0.25) is 0 Å². The molecule has 4 aliphatic rings. The third-order valence-corrected chi connectivity index (χ3v) is 11.9. The van der Waals surface area contributed by atoms with E-state index in [0.29, 0.717) is 11.5 Å². The first-order chi connectivity index (χ1) is 35.7. The Morgan fingerprint density at radius 3 is 2.01 bits per heavy atom. The van der Waals surface area contributed by atoms with Crippen molar-refractivity contribution in [1.82, 2.24) is 46.6 Å². The summed E-state index contributed by atoms with van der Waals surface area (Å²) in [4.78, 5) is 165. The predicted molar refractivity (Wildman–Crippen MR) is 254 cm³/mol. The number of aromatic hydroxyl groups is 1. The van der Waals surface area contributed by atoms with Crippen LogP contribution in [0.25, 0.3) is 11.3 Å². The predicted octanol–water partition coefficient (Wildman–Crippen LogP) is -5.13. The summed E-state index contributed by atoms with van der Waals surface area (Å²) in [6.45, 7) is 0.565. The van der Waals surface area contributed by atoms with Gasteiger partial charge in [0.25, 0.3) is 5.91 Å². The summed E-state index contributed by atoms with van der Waals surface area (Å²) in [5, 5.41) is 87.5. The number of aliphatic carboxylic acids is 3. The van der Waals surface area contributed by atoms with Crippen molar-refractivity contribution in [3.8, 4) is 17.0 Å². The van der Waals surface area contributed by atoms with E-state index in [1.807, 2.05) is 0 Å². The molecule has 9 amide bonds. The number of hydrogen-bond donors (Lipinski definition) is 16. The van der Waals surface area contributed by atoms with Gasteiger partial charge in [0.15, 0.2) is 5.75 Å². The normalized spacial score (nSPS) is 17.3. The number of amides is 9. The van der Waals surface area contributed by atoms with E-state index in [0.717, 1.165) is 26.0 Å². The summed E-state index contributed by atoms with van der Waals surface area (Å²) in [6, 6.07) is -9.36. The van der Waals surface area contributed by atoms with Crippen LogP contribution in [0.15, 0.2) is 23.0 Å². The van der Waals surface area contributed by atoms with E-state index in [9.17, 15) is 93.2 Å². The number of nitrogens with zero attached hydrogens (tertiary/aromatic N) is 3. The Balaban J connectivity index is 1.48. The topological polar surface area (TPSA) is 497 Å². The number of carboxylic acid groups (broad SMARTS) is 3. The van der Waals surface area contributed by atoms with Crippen molar-refractivity contribution < 1.29 is 93.5 Å². The smallest absolute Gasteiger partial charge is 0.320 e. The molecule has 1 saturated heterocycles. The zero-order valence-corrected chi connectivity index (χ0v) is 40.9. The van der Waals surface area contributed by atoms with Crippen molar-refractivity contribution in [2.75, 3.05) is 30.3 Å². The van der Waals surface area contributed by atoms with Crippen LogP contribution >= 0.6 is 0 Å². The first-order valence-corrected chi connectivity index (χ1v) is 23.5. The Kier molecular flexibility index (Phi) is 21.5.